The number of methoxy groups -OCH3 is 1. The van der Waals surface area contributed by atoms with Crippen molar-refractivity contribution in [1.29, 1.82) is 0 Å². The standard InChI is InChI=1S/C17H20ClNO2/c1-4-21-17-11-15(9-10-16(17)20-3)19-12(2)13-5-7-14(18)8-6-13/h5-12,19H,4H2,1-3H3. The smallest absolute Gasteiger partial charge is 0.163 e. The fourth-order valence-corrected chi connectivity index (χ4v) is 2.25. The van der Waals surface area contributed by atoms with E-state index in [9.17, 15) is 0 Å². The third kappa shape index (κ3) is 4.05. The average Bonchev–Trinajstić information content (AvgIpc) is 2.48. The number of ether oxygens (including phenoxy) is 2. The molecule has 0 radical (unpaired) electrons. The van der Waals surface area contributed by atoms with E-state index in [0.717, 1.165) is 22.2 Å². The normalized spacial score (nSPS) is 11.8. The van der Waals surface area contributed by atoms with Gasteiger partial charge < -0.3 is 14.8 Å². The van der Waals surface area contributed by atoms with Crippen LogP contribution in [0.4, 0.5) is 5.69 Å². The van der Waals surface area contributed by atoms with Gasteiger partial charge in [0.25, 0.3) is 0 Å². The largest absolute Gasteiger partial charge is 0.493 e. The minimum Gasteiger partial charge on any atom is -0.493 e. The Morgan fingerprint density at radius 1 is 1.10 bits per heavy atom. The minimum atomic E-state index is 0.171. The van der Waals surface area contributed by atoms with Gasteiger partial charge in [0.2, 0.25) is 0 Å². The lowest BCUT2D eigenvalue weighted by molar-refractivity contribution is 0.311. The molecular formula is C17H20ClNO2. The maximum atomic E-state index is 5.91. The minimum absolute atomic E-state index is 0.171. The quantitative estimate of drug-likeness (QED) is 0.821. The van der Waals surface area contributed by atoms with Crippen LogP contribution in [0.1, 0.15) is 25.5 Å². The van der Waals surface area contributed by atoms with Gasteiger partial charge in [-0.25, -0.2) is 0 Å². The fraction of sp³-hybridized carbons (Fsp3) is 0.294. The lowest BCUT2D eigenvalue weighted by atomic mass is 10.1. The van der Waals surface area contributed by atoms with E-state index >= 15 is 0 Å². The van der Waals surface area contributed by atoms with Gasteiger partial charge in [-0.2, -0.15) is 0 Å². The molecule has 0 aliphatic heterocycles. The Kier molecular flexibility index (Phi) is 5.34. The van der Waals surface area contributed by atoms with Gasteiger partial charge in [-0.3, -0.25) is 0 Å². The molecule has 0 amide bonds. The Labute approximate surface area is 130 Å². The van der Waals surface area contributed by atoms with Gasteiger partial charge in [-0.1, -0.05) is 23.7 Å². The highest BCUT2D eigenvalue weighted by molar-refractivity contribution is 6.30. The molecule has 4 heteroatoms. The van der Waals surface area contributed by atoms with Crippen molar-refractivity contribution >= 4 is 17.3 Å². The second-order valence-electron chi connectivity index (χ2n) is 4.72. The molecule has 0 fully saturated rings. The van der Waals surface area contributed by atoms with Crippen molar-refractivity contribution in [2.75, 3.05) is 19.0 Å². The van der Waals surface area contributed by atoms with Crippen molar-refractivity contribution in [2.45, 2.75) is 19.9 Å². The van der Waals surface area contributed by atoms with E-state index in [1.54, 1.807) is 7.11 Å². The zero-order valence-electron chi connectivity index (χ0n) is 12.5. The van der Waals surface area contributed by atoms with Crippen LogP contribution in [-0.4, -0.2) is 13.7 Å². The number of hydrogen-bond acceptors (Lipinski definition) is 3. The van der Waals surface area contributed by atoms with E-state index in [1.165, 1.54) is 5.56 Å². The van der Waals surface area contributed by atoms with Crippen molar-refractivity contribution < 1.29 is 9.47 Å². The zero-order chi connectivity index (χ0) is 15.2. The van der Waals surface area contributed by atoms with Crippen LogP contribution in [-0.2, 0) is 0 Å². The summed E-state index contributed by atoms with van der Waals surface area (Å²) in [5.41, 5.74) is 2.16. The third-order valence-electron chi connectivity index (χ3n) is 3.22. The van der Waals surface area contributed by atoms with E-state index in [-0.39, 0.29) is 6.04 Å². The second-order valence-corrected chi connectivity index (χ2v) is 5.15. The maximum absolute atomic E-state index is 5.91. The Balaban J connectivity index is 2.15. The predicted molar refractivity (Wildman–Crippen MR) is 87.7 cm³/mol. The molecule has 0 aromatic heterocycles. The van der Waals surface area contributed by atoms with E-state index in [2.05, 4.69) is 12.2 Å². The first-order valence-electron chi connectivity index (χ1n) is 6.97. The molecular weight excluding hydrogens is 286 g/mol. The van der Waals surface area contributed by atoms with Crippen LogP contribution in [0.25, 0.3) is 0 Å². The van der Waals surface area contributed by atoms with Crippen LogP contribution in [0, 0.1) is 0 Å². The van der Waals surface area contributed by atoms with E-state index in [0.29, 0.717) is 6.61 Å². The molecule has 0 saturated heterocycles. The van der Waals surface area contributed by atoms with E-state index in [1.807, 2.05) is 49.4 Å². The molecule has 112 valence electrons. The average molecular weight is 306 g/mol. The highest BCUT2D eigenvalue weighted by atomic mass is 35.5. The van der Waals surface area contributed by atoms with Crippen molar-refractivity contribution in [3.8, 4) is 11.5 Å². The summed E-state index contributed by atoms with van der Waals surface area (Å²) in [6.45, 7) is 4.66. The van der Waals surface area contributed by atoms with Gasteiger partial charge in [0, 0.05) is 22.8 Å². The van der Waals surface area contributed by atoms with Crippen LogP contribution >= 0.6 is 11.6 Å². The van der Waals surface area contributed by atoms with Gasteiger partial charge >= 0.3 is 0 Å². The molecule has 0 saturated carbocycles. The summed E-state index contributed by atoms with van der Waals surface area (Å²) in [7, 11) is 1.64. The first-order valence-corrected chi connectivity index (χ1v) is 7.34. The predicted octanol–water partition coefficient (Wildman–Crippen LogP) is 4.92. The van der Waals surface area contributed by atoms with Crippen molar-refractivity contribution in [3.63, 3.8) is 0 Å². The molecule has 0 spiro atoms. The number of hydrogen-bond donors (Lipinski definition) is 1. The molecule has 2 aromatic carbocycles. The van der Waals surface area contributed by atoms with Gasteiger partial charge in [-0.05, 0) is 43.7 Å². The zero-order valence-corrected chi connectivity index (χ0v) is 13.3. The third-order valence-corrected chi connectivity index (χ3v) is 3.47. The molecule has 1 atom stereocenters. The molecule has 1 unspecified atom stereocenters. The Morgan fingerprint density at radius 3 is 2.43 bits per heavy atom. The van der Waals surface area contributed by atoms with E-state index in [4.69, 9.17) is 21.1 Å². The summed E-state index contributed by atoms with van der Waals surface area (Å²) >= 11 is 5.91. The Bertz CT molecular complexity index is 584. The fourth-order valence-electron chi connectivity index (χ4n) is 2.12. The lowest BCUT2D eigenvalue weighted by Crippen LogP contribution is -2.07. The first-order chi connectivity index (χ1) is 10.1. The molecule has 0 bridgehead atoms. The van der Waals surface area contributed by atoms with Crippen LogP contribution in [0.3, 0.4) is 0 Å². The first kappa shape index (κ1) is 15.5. The molecule has 2 aromatic rings. The summed E-state index contributed by atoms with van der Waals surface area (Å²) in [4.78, 5) is 0. The monoisotopic (exact) mass is 305 g/mol. The maximum Gasteiger partial charge on any atom is 0.163 e. The summed E-state index contributed by atoms with van der Waals surface area (Å²) in [5.74, 6) is 1.48. The Hall–Kier alpha value is -1.87. The van der Waals surface area contributed by atoms with Crippen molar-refractivity contribution in [3.05, 3.63) is 53.1 Å². The summed E-state index contributed by atoms with van der Waals surface area (Å²) < 4.78 is 10.9. The van der Waals surface area contributed by atoms with Crippen molar-refractivity contribution in [1.82, 2.24) is 0 Å². The molecule has 1 N–H and O–H groups in total. The van der Waals surface area contributed by atoms with Gasteiger partial charge in [0.05, 0.1) is 13.7 Å². The number of halogens is 1. The van der Waals surface area contributed by atoms with E-state index < -0.39 is 0 Å². The van der Waals surface area contributed by atoms with Gasteiger partial charge in [0.15, 0.2) is 11.5 Å². The molecule has 2 rings (SSSR count). The summed E-state index contributed by atoms with van der Waals surface area (Å²) in [5, 5.41) is 4.19. The highest BCUT2D eigenvalue weighted by Crippen LogP contribution is 2.31. The number of benzene rings is 2. The number of rotatable bonds is 6. The highest BCUT2D eigenvalue weighted by Gasteiger charge is 2.09. The SMILES string of the molecule is CCOc1cc(NC(C)c2ccc(Cl)cc2)ccc1OC. The Morgan fingerprint density at radius 2 is 1.81 bits per heavy atom. The number of anilines is 1. The molecule has 0 heterocycles. The van der Waals surface area contributed by atoms with Crippen LogP contribution in [0.2, 0.25) is 5.02 Å². The molecule has 21 heavy (non-hydrogen) atoms. The molecule has 3 nitrogen and oxygen atoms in total. The molecule has 0 aliphatic carbocycles. The van der Waals surface area contributed by atoms with Crippen molar-refractivity contribution in [2.24, 2.45) is 0 Å². The lowest BCUT2D eigenvalue weighted by Gasteiger charge is -2.17. The van der Waals surface area contributed by atoms with Gasteiger partial charge in [-0.15, -0.1) is 0 Å². The van der Waals surface area contributed by atoms with Crippen LogP contribution in [0.15, 0.2) is 42.5 Å². The number of nitrogens with one attached hydrogen (secondary N) is 1. The van der Waals surface area contributed by atoms with Gasteiger partial charge in [0.1, 0.15) is 0 Å². The summed E-state index contributed by atoms with van der Waals surface area (Å²) in [6, 6.07) is 13.8. The van der Waals surface area contributed by atoms with Crippen LogP contribution < -0.4 is 14.8 Å². The second kappa shape index (κ2) is 7.23. The molecule has 0 aliphatic rings. The van der Waals surface area contributed by atoms with Crippen LogP contribution in [0.5, 0.6) is 11.5 Å². The topological polar surface area (TPSA) is 30.5 Å². The summed E-state index contributed by atoms with van der Waals surface area (Å²) in [6.07, 6.45) is 0.